The van der Waals surface area contributed by atoms with Crippen LogP contribution in [0.25, 0.3) is 0 Å². The highest BCUT2D eigenvalue weighted by Gasteiger charge is 2.13. The smallest absolute Gasteiger partial charge is 0.0208 e. The van der Waals surface area contributed by atoms with E-state index < -0.39 is 0 Å². The topological polar surface area (TPSA) is 12.0 Å². The van der Waals surface area contributed by atoms with Gasteiger partial charge in [-0.25, -0.2) is 0 Å². The van der Waals surface area contributed by atoms with Gasteiger partial charge in [-0.2, -0.15) is 0 Å². The molecule has 0 unspecified atom stereocenters. The first-order chi connectivity index (χ1) is 8.22. The van der Waals surface area contributed by atoms with Crippen molar-refractivity contribution in [3.8, 4) is 12.3 Å². The number of rotatable bonds is 3. The van der Waals surface area contributed by atoms with E-state index in [0.29, 0.717) is 0 Å². The molecule has 0 aliphatic carbocycles. The number of allylic oxidation sites excluding steroid dienone is 1. The maximum atomic E-state index is 5.33. The second-order valence-corrected chi connectivity index (χ2v) is 4.66. The van der Waals surface area contributed by atoms with Gasteiger partial charge in [0.15, 0.2) is 0 Å². The van der Waals surface area contributed by atoms with Crippen molar-refractivity contribution in [2.24, 2.45) is 0 Å². The molecule has 0 bridgehead atoms. The van der Waals surface area contributed by atoms with Gasteiger partial charge >= 0.3 is 0 Å². The average molecular weight is 225 g/mol. The summed E-state index contributed by atoms with van der Waals surface area (Å²) in [5.41, 5.74) is 6.75. The Morgan fingerprint density at radius 1 is 1.53 bits per heavy atom. The van der Waals surface area contributed by atoms with Crippen molar-refractivity contribution in [1.82, 2.24) is 5.32 Å². The van der Waals surface area contributed by atoms with Gasteiger partial charge in [-0.15, -0.1) is 6.42 Å². The molecule has 1 aliphatic rings. The molecule has 0 fully saturated rings. The van der Waals surface area contributed by atoms with Gasteiger partial charge < -0.3 is 5.32 Å². The lowest BCUT2D eigenvalue weighted by molar-refractivity contribution is 0.639. The third-order valence-electron chi connectivity index (χ3n) is 3.58. The fourth-order valence-corrected chi connectivity index (χ4v) is 2.44. The van der Waals surface area contributed by atoms with E-state index in [-0.39, 0.29) is 0 Å². The maximum Gasteiger partial charge on any atom is 0.0208 e. The van der Waals surface area contributed by atoms with Crippen LogP contribution >= 0.6 is 0 Å². The average Bonchev–Trinajstić information content (AvgIpc) is 2.38. The molecular weight excluding hydrogens is 206 g/mol. The Morgan fingerprint density at radius 2 is 2.35 bits per heavy atom. The van der Waals surface area contributed by atoms with Crippen LogP contribution in [0, 0.1) is 19.3 Å². The highest BCUT2D eigenvalue weighted by atomic mass is 14.9. The number of terminal acetylenes is 1. The Bertz CT molecular complexity index is 477. The van der Waals surface area contributed by atoms with Crippen molar-refractivity contribution in [3.05, 3.63) is 46.5 Å². The first kappa shape index (κ1) is 12.0. The quantitative estimate of drug-likeness (QED) is 0.780. The minimum Gasteiger partial charge on any atom is -0.312 e. The van der Waals surface area contributed by atoms with E-state index in [4.69, 9.17) is 6.42 Å². The molecule has 1 aliphatic heterocycles. The largest absolute Gasteiger partial charge is 0.312 e. The zero-order valence-electron chi connectivity index (χ0n) is 10.5. The monoisotopic (exact) mass is 225 g/mol. The van der Waals surface area contributed by atoms with Crippen molar-refractivity contribution < 1.29 is 0 Å². The van der Waals surface area contributed by atoms with Gasteiger partial charge in [0.25, 0.3) is 0 Å². The molecule has 88 valence electrons. The van der Waals surface area contributed by atoms with Crippen LogP contribution in [0.15, 0.2) is 24.3 Å². The van der Waals surface area contributed by atoms with E-state index in [1.807, 2.05) is 0 Å². The van der Waals surface area contributed by atoms with Crippen molar-refractivity contribution >= 4 is 0 Å². The normalized spacial score (nSPS) is 13.9. The SMILES string of the molecule is C#CC(=C)CCc1ccc2c(c1C)CCNC2. The van der Waals surface area contributed by atoms with E-state index in [2.05, 4.69) is 36.9 Å². The number of hydrogen-bond acceptors (Lipinski definition) is 1. The summed E-state index contributed by atoms with van der Waals surface area (Å²) in [5, 5.41) is 3.41. The molecule has 0 amide bonds. The van der Waals surface area contributed by atoms with Gasteiger partial charge in [-0.1, -0.05) is 24.6 Å². The summed E-state index contributed by atoms with van der Waals surface area (Å²) >= 11 is 0. The van der Waals surface area contributed by atoms with Gasteiger partial charge in [-0.3, -0.25) is 0 Å². The third-order valence-corrected chi connectivity index (χ3v) is 3.58. The molecule has 1 heteroatoms. The Labute approximate surface area is 104 Å². The van der Waals surface area contributed by atoms with Crippen LogP contribution in [-0.4, -0.2) is 6.54 Å². The summed E-state index contributed by atoms with van der Waals surface area (Å²) in [4.78, 5) is 0. The highest BCUT2D eigenvalue weighted by Crippen LogP contribution is 2.23. The molecule has 2 rings (SSSR count). The number of fused-ring (bicyclic) bond motifs is 1. The Hall–Kier alpha value is -1.52. The summed E-state index contributed by atoms with van der Waals surface area (Å²) in [7, 11) is 0. The van der Waals surface area contributed by atoms with E-state index in [1.165, 1.54) is 22.3 Å². The summed E-state index contributed by atoms with van der Waals surface area (Å²) in [6.07, 6.45) is 8.38. The predicted molar refractivity (Wildman–Crippen MR) is 72.9 cm³/mol. The molecule has 0 aromatic heterocycles. The Kier molecular flexibility index (Phi) is 3.66. The lowest BCUT2D eigenvalue weighted by Gasteiger charge is -2.21. The van der Waals surface area contributed by atoms with Crippen LogP contribution in [0.2, 0.25) is 0 Å². The van der Waals surface area contributed by atoms with E-state index >= 15 is 0 Å². The molecule has 0 atom stereocenters. The highest BCUT2D eigenvalue weighted by molar-refractivity contribution is 5.42. The van der Waals surface area contributed by atoms with Crippen LogP contribution < -0.4 is 5.32 Å². The number of benzene rings is 1. The Morgan fingerprint density at radius 3 is 3.12 bits per heavy atom. The van der Waals surface area contributed by atoms with Gasteiger partial charge in [-0.05, 0) is 60.6 Å². The standard InChI is InChI=1S/C16H19N/c1-4-12(2)5-6-14-7-8-15-11-17-10-9-16(15)13(14)3/h1,7-8,17H,2,5-6,9-11H2,3H3. The van der Waals surface area contributed by atoms with E-state index in [9.17, 15) is 0 Å². The maximum absolute atomic E-state index is 5.33. The lowest BCUT2D eigenvalue weighted by Crippen LogP contribution is -2.24. The molecule has 0 saturated carbocycles. The fraction of sp³-hybridized carbons (Fsp3) is 0.375. The molecule has 1 nitrogen and oxygen atoms in total. The van der Waals surface area contributed by atoms with Crippen molar-refractivity contribution in [1.29, 1.82) is 0 Å². The molecule has 0 saturated heterocycles. The van der Waals surface area contributed by atoms with Gasteiger partial charge in [0.1, 0.15) is 0 Å². The fourth-order valence-electron chi connectivity index (χ4n) is 2.44. The summed E-state index contributed by atoms with van der Waals surface area (Å²) in [6, 6.07) is 4.49. The molecule has 1 aromatic carbocycles. The summed E-state index contributed by atoms with van der Waals surface area (Å²) < 4.78 is 0. The first-order valence-corrected chi connectivity index (χ1v) is 6.17. The van der Waals surface area contributed by atoms with Crippen LogP contribution in [-0.2, 0) is 19.4 Å². The van der Waals surface area contributed by atoms with Gasteiger partial charge in [0, 0.05) is 6.54 Å². The van der Waals surface area contributed by atoms with Crippen molar-refractivity contribution in [2.45, 2.75) is 32.7 Å². The van der Waals surface area contributed by atoms with Crippen LogP contribution in [0.1, 0.15) is 28.7 Å². The van der Waals surface area contributed by atoms with E-state index in [1.54, 1.807) is 0 Å². The lowest BCUT2D eigenvalue weighted by atomic mass is 9.90. The molecule has 0 radical (unpaired) electrons. The second-order valence-electron chi connectivity index (χ2n) is 4.66. The molecule has 0 spiro atoms. The minimum absolute atomic E-state index is 0.892. The van der Waals surface area contributed by atoms with Crippen molar-refractivity contribution in [2.75, 3.05) is 6.54 Å². The van der Waals surface area contributed by atoms with Crippen molar-refractivity contribution in [3.63, 3.8) is 0 Å². The predicted octanol–water partition coefficient (Wildman–Crippen LogP) is 2.76. The molecule has 1 aromatic rings. The molecule has 17 heavy (non-hydrogen) atoms. The zero-order chi connectivity index (χ0) is 12.3. The van der Waals surface area contributed by atoms with Gasteiger partial charge in [0.05, 0.1) is 0 Å². The van der Waals surface area contributed by atoms with Crippen LogP contribution in [0.4, 0.5) is 0 Å². The van der Waals surface area contributed by atoms with Crippen LogP contribution in [0.5, 0.6) is 0 Å². The molecule has 1 heterocycles. The third kappa shape index (κ3) is 2.60. The van der Waals surface area contributed by atoms with Gasteiger partial charge in [0.2, 0.25) is 0 Å². The van der Waals surface area contributed by atoms with E-state index in [0.717, 1.165) is 37.9 Å². The first-order valence-electron chi connectivity index (χ1n) is 6.17. The number of nitrogens with one attached hydrogen (secondary N) is 1. The zero-order valence-corrected chi connectivity index (χ0v) is 10.5. The molecular formula is C16H19N. The Balaban J connectivity index is 2.19. The number of hydrogen-bond donors (Lipinski definition) is 1. The number of aryl methyl sites for hydroxylation is 1. The van der Waals surface area contributed by atoms with Crippen LogP contribution in [0.3, 0.4) is 0 Å². The minimum atomic E-state index is 0.892. The summed E-state index contributed by atoms with van der Waals surface area (Å²) in [6.45, 7) is 8.19. The molecule has 1 N–H and O–H groups in total. The summed E-state index contributed by atoms with van der Waals surface area (Å²) in [5.74, 6) is 2.61. The second kappa shape index (κ2) is 5.21.